The summed E-state index contributed by atoms with van der Waals surface area (Å²) in [6.45, 7) is 0.294. The first kappa shape index (κ1) is 37.7. The molecule has 270 valence electrons. The first-order chi connectivity index (χ1) is 23.2. The lowest BCUT2D eigenvalue weighted by Crippen LogP contribution is -2.51. The van der Waals surface area contributed by atoms with Gasteiger partial charge in [-0.3, -0.25) is 28.8 Å². The van der Waals surface area contributed by atoms with E-state index in [0.29, 0.717) is 6.07 Å². The summed E-state index contributed by atoms with van der Waals surface area (Å²) in [7, 11) is 1.23. The molecule has 4 rings (SSSR count). The van der Waals surface area contributed by atoms with Gasteiger partial charge >= 0.3 is 24.3 Å². The molecule has 2 aliphatic rings. The van der Waals surface area contributed by atoms with Crippen molar-refractivity contribution in [1.29, 1.82) is 0 Å². The summed E-state index contributed by atoms with van der Waals surface area (Å²) in [6, 6.07) is 5.42. The number of hydrogen-bond acceptors (Lipinski definition) is 6. The summed E-state index contributed by atoms with van der Waals surface area (Å²) in [5.41, 5.74) is -4.23. The number of benzene rings is 2. The number of amides is 4. The van der Waals surface area contributed by atoms with E-state index in [9.17, 15) is 65.3 Å². The molecule has 4 amide bonds. The second kappa shape index (κ2) is 14.4. The molecule has 1 saturated heterocycles. The minimum absolute atomic E-state index is 0.268. The molecule has 1 aliphatic carbocycles. The number of aliphatic carboxylic acids is 2. The van der Waals surface area contributed by atoms with Crippen molar-refractivity contribution in [2.24, 2.45) is 23.7 Å². The standard InChI is InChI=1S/C32H32F6N4O8/c1-15-3-5-17(23(11-15)31(33,34)35)27(45)41-7-9-42(10-8-41)28(46)18-6-4-16(12-24(18)32(36,37)38)40-26(44)20-14-21(29(47)48)19(25(43)39-2)13-22(20)30(49)50/h3-6,11-12,19-22H,7-10,13-14H2,1-2H3,(H,39,43)(H,40,44)(H,47,48)(H,49,50). The third-order valence-corrected chi connectivity index (χ3v) is 8.93. The Kier molecular flexibility index (Phi) is 10.8. The van der Waals surface area contributed by atoms with Gasteiger partial charge in [-0.15, -0.1) is 0 Å². The summed E-state index contributed by atoms with van der Waals surface area (Å²) in [5, 5.41) is 23.8. The van der Waals surface area contributed by atoms with Gasteiger partial charge in [-0.25, -0.2) is 0 Å². The molecule has 18 heteroatoms. The van der Waals surface area contributed by atoms with Crippen LogP contribution in [-0.4, -0.2) is 88.8 Å². The lowest BCUT2D eigenvalue weighted by atomic mass is 9.67. The molecular weight excluding hydrogens is 682 g/mol. The number of carbonyl (C=O) groups excluding carboxylic acids is 4. The quantitative estimate of drug-likeness (QED) is 0.314. The Morgan fingerprint density at radius 3 is 1.50 bits per heavy atom. The van der Waals surface area contributed by atoms with E-state index in [1.54, 1.807) is 0 Å². The number of aryl methyl sites for hydroxylation is 1. The molecule has 2 fully saturated rings. The van der Waals surface area contributed by atoms with Crippen LogP contribution in [-0.2, 0) is 31.5 Å². The number of rotatable bonds is 7. The lowest BCUT2D eigenvalue weighted by Gasteiger charge is -2.36. The summed E-state index contributed by atoms with van der Waals surface area (Å²) < 4.78 is 83.4. The van der Waals surface area contributed by atoms with Crippen molar-refractivity contribution in [3.8, 4) is 0 Å². The van der Waals surface area contributed by atoms with E-state index in [-0.39, 0.29) is 31.7 Å². The average Bonchev–Trinajstić information content (AvgIpc) is 3.05. The number of nitrogens with zero attached hydrogens (tertiary/aromatic N) is 2. The third-order valence-electron chi connectivity index (χ3n) is 8.93. The van der Waals surface area contributed by atoms with Crippen LogP contribution >= 0.6 is 0 Å². The number of nitrogens with one attached hydrogen (secondary N) is 2. The van der Waals surface area contributed by atoms with E-state index in [1.807, 2.05) is 0 Å². The van der Waals surface area contributed by atoms with Crippen LogP contribution < -0.4 is 10.6 Å². The highest BCUT2D eigenvalue weighted by Crippen LogP contribution is 2.40. The molecule has 50 heavy (non-hydrogen) atoms. The highest BCUT2D eigenvalue weighted by molar-refractivity contribution is 6.00. The Hall–Kier alpha value is -5.16. The summed E-state index contributed by atoms with van der Waals surface area (Å²) in [5.74, 6) is -12.7. The van der Waals surface area contributed by atoms with Gasteiger partial charge in [0.1, 0.15) is 0 Å². The van der Waals surface area contributed by atoms with Gasteiger partial charge in [0, 0.05) is 38.9 Å². The average molecular weight is 715 g/mol. The zero-order valence-electron chi connectivity index (χ0n) is 26.5. The van der Waals surface area contributed by atoms with Crippen LogP contribution in [0.3, 0.4) is 0 Å². The molecule has 1 heterocycles. The second-order valence-electron chi connectivity index (χ2n) is 12.1. The Morgan fingerprint density at radius 2 is 1.08 bits per heavy atom. The van der Waals surface area contributed by atoms with Crippen LogP contribution in [0.1, 0.15) is 50.2 Å². The molecule has 0 aromatic heterocycles. The Morgan fingerprint density at radius 1 is 0.660 bits per heavy atom. The summed E-state index contributed by atoms with van der Waals surface area (Å²) in [6.07, 6.45) is -11.1. The van der Waals surface area contributed by atoms with Gasteiger partial charge in [-0.2, -0.15) is 26.3 Å². The van der Waals surface area contributed by atoms with Crippen LogP contribution in [0, 0.1) is 30.6 Å². The molecule has 4 N–H and O–H groups in total. The van der Waals surface area contributed by atoms with Gasteiger partial charge in [0.05, 0.1) is 45.9 Å². The van der Waals surface area contributed by atoms with E-state index >= 15 is 0 Å². The second-order valence-corrected chi connectivity index (χ2v) is 12.1. The number of halogens is 6. The largest absolute Gasteiger partial charge is 0.481 e. The number of alkyl halides is 6. The molecule has 1 saturated carbocycles. The molecule has 12 nitrogen and oxygen atoms in total. The number of carboxylic acids is 2. The molecule has 0 radical (unpaired) electrons. The molecule has 0 bridgehead atoms. The fourth-order valence-electron chi connectivity index (χ4n) is 6.33. The molecule has 2 aromatic rings. The molecule has 0 spiro atoms. The first-order valence-corrected chi connectivity index (χ1v) is 15.2. The zero-order chi connectivity index (χ0) is 37.3. The predicted molar refractivity (Wildman–Crippen MR) is 161 cm³/mol. The van der Waals surface area contributed by atoms with Gasteiger partial charge in [0.2, 0.25) is 11.8 Å². The van der Waals surface area contributed by atoms with Crippen molar-refractivity contribution in [3.63, 3.8) is 0 Å². The smallest absolute Gasteiger partial charge is 0.417 e. The summed E-state index contributed by atoms with van der Waals surface area (Å²) >= 11 is 0. The van der Waals surface area contributed by atoms with Crippen LogP contribution in [0.5, 0.6) is 0 Å². The van der Waals surface area contributed by atoms with E-state index in [1.165, 1.54) is 20.0 Å². The molecule has 1 aliphatic heterocycles. The normalized spacial score (nSPS) is 21.3. The molecule has 4 atom stereocenters. The Balaban J connectivity index is 1.51. The van der Waals surface area contributed by atoms with E-state index < -0.39 is 112 Å². The first-order valence-electron chi connectivity index (χ1n) is 15.2. The fraction of sp³-hybridized carbons (Fsp3) is 0.438. The maximum Gasteiger partial charge on any atom is 0.417 e. The van der Waals surface area contributed by atoms with E-state index in [2.05, 4.69) is 10.6 Å². The van der Waals surface area contributed by atoms with Crippen molar-refractivity contribution in [1.82, 2.24) is 15.1 Å². The van der Waals surface area contributed by atoms with Gasteiger partial charge in [0.25, 0.3) is 11.8 Å². The van der Waals surface area contributed by atoms with Crippen molar-refractivity contribution in [2.45, 2.75) is 32.1 Å². The molecular formula is C32H32F6N4O8. The monoisotopic (exact) mass is 714 g/mol. The minimum atomic E-state index is -5.13. The number of anilines is 1. The van der Waals surface area contributed by atoms with Gasteiger partial charge in [-0.1, -0.05) is 11.6 Å². The summed E-state index contributed by atoms with van der Waals surface area (Å²) in [4.78, 5) is 77.6. The number of carboxylic acid groups (broad SMARTS) is 2. The van der Waals surface area contributed by atoms with Gasteiger partial charge in [0.15, 0.2) is 0 Å². The van der Waals surface area contributed by atoms with Crippen LogP contribution in [0.2, 0.25) is 0 Å². The Labute approximate surface area is 280 Å². The highest BCUT2D eigenvalue weighted by Gasteiger charge is 2.49. The van der Waals surface area contributed by atoms with Gasteiger partial charge < -0.3 is 30.6 Å². The van der Waals surface area contributed by atoms with Crippen LogP contribution in [0.15, 0.2) is 36.4 Å². The highest BCUT2D eigenvalue weighted by atomic mass is 19.4. The van der Waals surface area contributed by atoms with Crippen molar-refractivity contribution < 1.29 is 65.3 Å². The number of carbonyl (C=O) groups is 6. The number of piperazine rings is 1. The lowest BCUT2D eigenvalue weighted by molar-refractivity contribution is -0.158. The van der Waals surface area contributed by atoms with E-state index in [4.69, 9.17) is 0 Å². The van der Waals surface area contributed by atoms with Crippen LogP contribution in [0.25, 0.3) is 0 Å². The van der Waals surface area contributed by atoms with Gasteiger partial charge in [-0.05, 0) is 50.1 Å². The van der Waals surface area contributed by atoms with Crippen molar-refractivity contribution >= 4 is 41.3 Å². The number of hydrogen-bond donors (Lipinski definition) is 4. The topological polar surface area (TPSA) is 173 Å². The molecule has 4 unspecified atom stereocenters. The minimum Gasteiger partial charge on any atom is -0.481 e. The zero-order valence-corrected chi connectivity index (χ0v) is 26.5. The van der Waals surface area contributed by atoms with Crippen LogP contribution in [0.4, 0.5) is 32.0 Å². The van der Waals surface area contributed by atoms with E-state index in [0.717, 1.165) is 34.1 Å². The molecule has 2 aromatic carbocycles. The fourth-order valence-corrected chi connectivity index (χ4v) is 6.33. The van der Waals surface area contributed by atoms with Crippen molar-refractivity contribution in [3.05, 3.63) is 64.2 Å². The van der Waals surface area contributed by atoms with Crippen molar-refractivity contribution in [2.75, 3.05) is 38.5 Å². The SMILES string of the molecule is CNC(=O)C1CC(C(=O)O)C(C(=O)Nc2ccc(C(=O)N3CCN(C(=O)c4ccc(C)cc4C(F)(F)F)CC3)c(C(F)(F)F)c2)CC1C(=O)O. The predicted octanol–water partition coefficient (Wildman–Crippen LogP) is 3.74. The maximum atomic E-state index is 14.2. The Bertz CT molecular complexity index is 1700. The maximum absolute atomic E-state index is 14.2. The third kappa shape index (κ3) is 8.00.